The summed E-state index contributed by atoms with van der Waals surface area (Å²) in [5, 5.41) is 8.86. The molecule has 17 heavy (non-hydrogen) atoms. The van der Waals surface area contributed by atoms with Crippen molar-refractivity contribution in [3.63, 3.8) is 0 Å². The standard InChI is InChI=1S/C10H13N3O4/c1-6(9(14)15)13(2)8-5-11-4-7(12-8)10(16)17-3/h4-6H,1-3H3,(H,14,15). The first-order chi connectivity index (χ1) is 7.97. The van der Waals surface area contributed by atoms with E-state index in [-0.39, 0.29) is 5.69 Å². The van der Waals surface area contributed by atoms with Crippen LogP contribution < -0.4 is 4.90 Å². The van der Waals surface area contributed by atoms with Crippen molar-refractivity contribution in [3.05, 3.63) is 18.1 Å². The van der Waals surface area contributed by atoms with Crippen molar-refractivity contribution >= 4 is 17.8 Å². The second-order valence-electron chi connectivity index (χ2n) is 3.38. The molecule has 0 saturated heterocycles. The van der Waals surface area contributed by atoms with E-state index in [1.54, 1.807) is 7.05 Å². The highest BCUT2D eigenvalue weighted by atomic mass is 16.5. The van der Waals surface area contributed by atoms with Crippen LogP contribution in [0.15, 0.2) is 12.4 Å². The zero-order valence-corrected chi connectivity index (χ0v) is 9.75. The summed E-state index contributed by atoms with van der Waals surface area (Å²) in [4.78, 5) is 31.2. The predicted molar refractivity (Wildman–Crippen MR) is 58.9 cm³/mol. The average Bonchev–Trinajstić information content (AvgIpc) is 2.36. The fourth-order valence-corrected chi connectivity index (χ4v) is 1.09. The molecular weight excluding hydrogens is 226 g/mol. The van der Waals surface area contributed by atoms with Gasteiger partial charge in [-0.1, -0.05) is 0 Å². The number of likely N-dealkylation sites (N-methyl/N-ethyl adjacent to an activating group) is 1. The van der Waals surface area contributed by atoms with Crippen LogP contribution in [0.1, 0.15) is 17.4 Å². The number of ether oxygens (including phenoxy) is 1. The minimum atomic E-state index is -0.988. The van der Waals surface area contributed by atoms with E-state index in [4.69, 9.17) is 5.11 Å². The lowest BCUT2D eigenvalue weighted by Gasteiger charge is -2.22. The maximum Gasteiger partial charge on any atom is 0.358 e. The van der Waals surface area contributed by atoms with Gasteiger partial charge in [0.05, 0.1) is 19.5 Å². The smallest absolute Gasteiger partial charge is 0.358 e. The summed E-state index contributed by atoms with van der Waals surface area (Å²) >= 11 is 0. The number of aliphatic carboxylic acids is 1. The number of nitrogens with zero attached hydrogens (tertiary/aromatic N) is 3. The molecule has 0 amide bonds. The van der Waals surface area contributed by atoms with Gasteiger partial charge in [-0.15, -0.1) is 0 Å². The van der Waals surface area contributed by atoms with E-state index >= 15 is 0 Å². The van der Waals surface area contributed by atoms with Crippen LogP contribution in [-0.2, 0) is 9.53 Å². The molecule has 0 saturated carbocycles. The van der Waals surface area contributed by atoms with E-state index in [2.05, 4.69) is 14.7 Å². The van der Waals surface area contributed by atoms with Crippen LogP contribution in [0.5, 0.6) is 0 Å². The lowest BCUT2D eigenvalue weighted by molar-refractivity contribution is -0.138. The maximum absolute atomic E-state index is 11.2. The molecule has 0 fully saturated rings. The van der Waals surface area contributed by atoms with Crippen LogP contribution >= 0.6 is 0 Å². The fourth-order valence-electron chi connectivity index (χ4n) is 1.09. The monoisotopic (exact) mass is 239 g/mol. The summed E-state index contributed by atoms with van der Waals surface area (Å²) in [7, 11) is 2.80. The normalized spacial score (nSPS) is 11.7. The Morgan fingerprint density at radius 1 is 1.47 bits per heavy atom. The number of aromatic nitrogens is 2. The van der Waals surface area contributed by atoms with Gasteiger partial charge in [0.15, 0.2) is 5.69 Å². The van der Waals surface area contributed by atoms with Gasteiger partial charge in [-0.3, -0.25) is 4.98 Å². The van der Waals surface area contributed by atoms with Gasteiger partial charge in [-0.05, 0) is 6.92 Å². The molecule has 1 unspecified atom stereocenters. The first-order valence-electron chi connectivity index (χ1n) is 4.83. The number of carbonyl (C=O) groups excluding carboxylic acids is 1. The van der Waals surface area contributed by atoms with E-state index in [1.807, 2.05) is 0 Å². The maximum atomic E-state index is 11.2. The van der Waals surface area contributed by atoms with Crippen molar-refractivity contribution in [1.29, 1.82) is 0 Å². The van der Waals surface area contributed by atoms with E-state index in [1.165, 1.54) is 31.3 Å². The van der Waals surface area contributed by atoms with E-state index in [0.29, 0.717) is 5.82 Å². The summed E-state index contributed by atoms with van der Waals surface area (Å²) in [6.45, 7) is 1.51. The summed E-state index contributed by atoms with van der Waals surface area (Å²) in [5.41, 5.74) is 0.0365. The van der Waals surface area contributed by atoms with E-state index < -0.39 is 18.0 Å². The number of carboxylic acids is 1. The highest BCUT2D eigenvalue weighted by molar-refractivity contribution is 5.87. The quantitative estimate of drug-likeness (QED) is 0.748. The molecule has 7 heteroatoms. The summed E-state index contributed by atoms with van der Waals surface area (Å²) in [6.07, 6.45) is 2.64. The van der Waals surface area contributed by atoms with Crippen molar-refractivity contribution in [2.45, 2.75) is 13.0 Å². The van der Waals surface area contributed by atoms with Gasteiger partial charge < -0.3 is 14.7 Å². The van der Waals surface area contributed by atoms with Crippen LogP contribution in [-0.4, -0.2) is 47.2 Å². The largest absolute Gasteiger partial charge is 0.480 e. The predicted octanol–water partition coefficient (Wildman–Crippen LogP) is 0.172. The second kappa shape index (κ2) is 5.24. The molecule has 0 spiro atoms. The third-order valence-electron chi connectivity index (χ3n) is 2.32. The Kier molecular flexibility index (Phi) is 3.97. The fraction of sp³-hybridized carbons (Fsp3) is 0.400. The second-order valence-corrected chi connectivity index (χ2v) is 3.38. The Bertz CT molecular complexity index is 435. The molecule has 1 aromatic heterocycles. The SMILES string of the molecule is COC(=O)c1cncc(N(C)C(C)C(=O)O)n1. The molecule has 0 radical (unpaired) electrons. The molecule has 1 N–H and O–H groups in total. The van der Waals surface area contributed by atoms with Gasteiger partial charge in [0.25, 0.3) is 0 Å². The van der Waals surface area contributed by atoms with Gasteiger partial charge in [-0.2, -0.15) is 0 Å². The summed E-state index contributed by atoms with van der Waals surface area (Å²) in [5.74, 6) is -1.31. The molecule has 0 aliphatic carbocycles. The molecule has 1 rings (SSSR count). The third kappa shape index (κ3) is 2.90. The number of carbonyl (C=O) groups is 2. The first-order valence-corrected chi connectivity index (χ1v) is 4.83. The zero-order chi connectivity index (χ0) is 13.0. The number of methoxy groups -OCH3 is 1. The molecule has 0 aromatic carbocycles. The average molecular weight is 239 g/mol. The zero-order valence-electron chi connectivity index (χ0n) is 9.75. The van der Waals surface area contributed by atoms with E-state index in [9.17, 15) is 9.59 Å². The van der Waals surface area contributed by atoms with Gasteiger partial charge in [-0.25, -0.2) is 14.6 Å². The van der Waals surface area contributed by atoms with Crippen LogP contribution in [0.2, 0.25) is 0 Å². The highest BCUT2D eigenvalue weighted by Gasteiger charge is 2.19. The number of carboxylic acid groups (broad SMARTS) is 1. The Morgan fingerprint density at radius 3 is 2.65 bits per heavy atom. The van der Waals surface area contributed by atoms with Gasteiger partial charge in [0.1, 0.15) is 11.9 Å². The van der Waals surface area contributed by atoms with Crippen molar-refractivity contribution in [3.8, 4) is 0 Å². The van der Waals surface area contributed by atoms with Crippen LogP contribution in [0.3, 0.4) is 0 Å². The van der Waals surface area contributed by atoms with Crippen molar-refractivity contribution < 1.29 is 19.4 Å². The Hall–Kier alpha value is -2.18. The molecular formula is C10H13N3O4. The van der Waals surface area contributed by atoms with Crippen LogP contribution in [0, 0.1) is 0 Å². The lowest BCUT2D eigenvalue weighted by Crippen LogP contribution is -2.36. The Balaban J connectivity index is 2.99. The molecule has 0 bridgehead atoms. The molecule has 1 aromatic rings. The molecule has 0 aliphatic rings. The lowest BCUT2D eigenvalue weighted by atomic mass is 10.3. The molecule has 7 nitrogen and oxygen atoms in total. The molecule has 0 aliphatic heterocycles. The summed E-state index contributed by atoms with van der Waals surface area (Å²) < 4.78 is 4.50. The molecule has 92 valence electrons. The van der Waals surface area contributed by atoms with Gasteiger partial charge >= 0.3 is 11.9 Å². The Labute approximate surface area is 98.1 Å². The Morgan fingerprint density at radius 2 is 2.12 bits per heavy atom. The van der Waals surface area contributed by atoms with Crippen molar-refractivity contribution in [2.24, 2.45) is 0 Å². The first kappa shape index (κ1) is 12.9. The van der Waals surface area contributed by atoms with Crippen LogP contribution in [0.25, 0.3) is 0 Å². The van der Waals surface area contributed by atoms with Gasteiger partial charge in [0, 0.05) is 7.05 Å². The van der Waals surface area contributed by atoms with Gasteiger partial charge in [0.2, 0.25) is 0 Å². The summed E-state index contributed by atoms with van der Waals surface area (Å²) in [6, 6.07) is -0.766. The van der Waals surface area contributed by atoms with Crippen LogP contribution in [0.4, 0.5) is 5.82 Å². The number of hydrogen-bond acceptors (Lipinski definition) is 6. The minimum absolute atomic E-state index is 0.0365. The number of hydrogen-bond donors (Lipinski definition) is 1. The number of esters is 1. The van der Waals surface area contributed by atoms with Crippen molar-refractivity contribution in [2.75, 3.05) is 19.1 Å². The highest BCUT2D eigenvalue weighted by Crippen LogP contribution is 2.11. The van der Waals surface area contributed by atoms with E-state index in [0.717, 1.165) is 0 Å². The number of anilines is 1. The minimum Gasteiger partial charge on any atom is -0.480 e. The molecule has 1 heterocycles. The third-order valence-corrected chi connectivity index (χ3v) is 2.32. The number of rotatable bonds is 4. The molecule has 1 atom stereocenters. The topological polar surface area (TPSA) is 92.6 Å². The van der Waals surface area contributed by atoms with Crippen molar-refractivity contribution in [1.82, 2.24) is 9.97 Å².